The van der Waals surface area contributed by atoms with Crippen molar-refractivity contribution < 1.29 is 9.32 Å². The van der Waals surface area contributed by atoms with Gasteiger partial charge in [-0.3, -0.25) is 4.79 Å². The molecule has 1 aliphatic rings. The average molecular weight is 348 g/mol. The maximum Gasteiger partial charge on any atom is 0.228 e. The maximum atomic E-state index is 12.6. The van der Waals surface area contributed by atoms with Gasteiger partial charge in [-0.25, -0.2) is 0 Å². The van der Waals surface area contributed by atoms with Crippen LogP contribution in [-0.2, 0) is 17.6 Å². The van der Waals surface area contributed by atoms with Gasteiger partial charge in [-0.1, -0.05) is 47.6 Å². The number of likely N-dealkylation sites (tertiary alicyclic amines) is 1. The first-order chi connectivity index (χ1) is 12.8. The van der Waals surface area contributed by atoms with Crippen molar-refractivity contribution in [2.75, 3.05) is 13.1 Å². The number of benzene rings is 2. The van der Waals surface area contributed by atoms with E-state index in [0.717, 1.165) is 49.0 Å². The first kappa shape index (κ1) is 16.8. The third-order valence-electron chi connectivity index (χ3n) is 5.42. The van der Waals surface area contributed by atoms with Crippen molar-refractivity contribution >= 4 is 16.9 Å². The molecule has 0 aliphatic carbocycles. The Morgan fingerprint density at radius 1 is 1.04 bits per heavy atom. The number of piperidine rings is 1. The lowest BCUT2D eigenvalue weighted by atomic mass is 9.90. The lowest BCUT2D eigenvalue weighted by Gasteiger charge is -2.32. The van der Waals surface area contributed by atoms with E-state index in [0.29, 0.717) is 12.3 Å². The molecule has 1 amide bonds. The van der Waals surface area contributed by atoms with Crippen LogP contribution < -0.4 is 0 Å². The van der Waals surface area contributed by atoms with Crippen LogP contribution in [0.5, 0.6) is 0 Å². The molecule has 0 saturated carbocycles. The molecule has 2 aromatic carbocycles. The Labute approximate surface area is 153 Å². The molecular formula is C22H24N2O2. The molecule has 0 unspecified atom stereocenters. The number of amides is 1. The third kappa shape index (κ3) is 3.79. The van der Waals surface area contributed by atoms with Crippen LogP contribution in [0.4, 0.5) is 0 Å². The van der Waals surface area contributed by atoms with Gasteiger partial charge in [0, 0.05) is 18.5 Å². The summed E-state index contributed by atoms with van der Waals surface area (Å²) in [6.07, 6.45) is 4.85. The van der Waals surface area contributed by atoms with Crippen molar-refractivity contribution in [1.82, 2.24) is 10.1 Å². The third-order valence-corrected chi connectivity index (χ3v) is 5.42. The molecule has 1 fully saturated rings. The largest absolute Gasteiger partial charge is 0.356 e. The first-order valence-electron chi connectivity index (χ1n) is 9.44. The predicted molar refractivity (Wildman–Crippen MR) is 102 cm³/mol. The zero-order valence-corrected chi connectivity index (χ0v) is 14.9. The fourth-order valence-corrected chi connectivity index (χ4v) is 3.81. The number of aromatic nitrogens is 1. The minimum atomic E-state index is 0.158. The molecule has 1 aromatic heterocycles. The summed E-state index contributed by atoms with van der Waals surface area (Å²) in [7, 11) is 0. The molecule has 1 saturated heterocycles. The zero-order valence-electron chi connectivity index (χ0n) is 14.9. The molecule has 3 aromatic rings. The number of aryl methyl sites for hydroxylation is 1. The minimum Gasteiger partial charge on any atom is -0.356 e. The molecule has 4 heteroatoms. The quantitative estimate of drug-likeness (QED) is 0.693. The lowest BCUT2D eigenvalue weighted by Crippen LogP contribution is -2.39. The van der Waals surface area contributed by atoms with Gasteiger partial charge < -0.3 is 9.42 Å². The van der Waals surface area contributed by atoms with Gasteiger partial charge in [-0.15, -0.1) is 0 Å². The van der Waals surface area contributed by atoms with Gasteiger partial charge >= 0.3 is 0 Å². The highest BCUT2D eigenvalue weighted by Gasteiger charge is 2.24. The summed E-state index contributed by atoms with van der Waals surface area (Å²) < 4.78 is 5.31. The number of hydrogen-bond acceptors (Lipinski definition) is 3. The fourth-order valence-electron chi connectivity index (χ4n) is 3.81. The van der Waals surface area contributed by atoms with Gasteiger partial charge in [0.25, 0.3) is 0 Å². The topological polar surface area (TPSA) is 46.3 Å². The summed E-state index contributed by atoms with van der Waals surface area (Å²) in [6.45, 7) is 1.71. The molecule has 1 aliphatic heterocycles. The summed E-state index contributed by atoms with van der Waals surface area (Å²) >= 11 is 0. The Kier molecular flexibility index (Phi) is 5.00. The van der Waals surface area contributed by atoms with Crippen LogP contribution in [0, 0.1) is 5.92 Å². The molecule has 0 bridgehead atoms. The van der Waals surface area contributed by atoms with Crippen LogP contribution >= 0.6 is 0 Å². The fraction of sp³-hybridized carbons (Fsp3) is 0.364. The van der Waals surface area contributed by atoms with E-state index in [1.807, 2.05) is 29.2 Å². The van der Waals surface area contributed by atoms with Crippen LogP contribution in [0.15, 0.2) is 59.1 Å². The summed E-state index contributed by atoms with van der Waals surface area (Å²) in [4.78, 5) is 14.6. The predicted octanol–water partition coefficient (Wildman–Crippen LogP) is 4.24. The average Bonchev–Trinajstić information content (AvgIpc) is 3.10. The Hall–Kier alpha value is -2.62. The van der Waals surface area contributed by atoms with E-state index in [-0.39, 0.29) is 5.91 Å². The van der Waals surface area contributed by atoms with Crippen LogP contribution in [0.1, 0.15) is 30.5 Å². The molecule has 0 N–H and O–H groups in total. The van der Waals surface area contributed by atoms with Gasteiger partial charge in [0.15, 0.2) is 5.58 Å². The van der Waals surface area contributed by atoms with E-state index in [1.165, 1.54) is 12.0 Å². The zero-order chi connectivity index (χ0) is 17.8. The van der Waals surface area contributed by atoms with Crippen LogP contribution in [0.2, 0.25) is 0 Å². The molecule has 26 heavy (non-hydrogen) atoms. The minimum absolute atomic E-state index is 0.158. The molecule has 4 nitrogen and oxygen atoms in total. The molecule has 4 rings (SSSR count). The smallest absolute Gasteiger partial charge is 0.228 e. The van der Waals surface area contributed by atoms with Crippen LogP contribution in [0.25, 0.3) is 11.0 Å². The second-order valence-electron chi connectivity index (χ2n) is 7.15. The standard InChI is InChI=1S/C22H24N2O2/c25-22(16-20-19-8-4-5-9-21(19)26-23-20)24-14-12-18(13-15-24)11-10-17-6-2-1-3-7-17/h1-9,18H,10-16H2. The van der Waals surface area contributed by atoms with E-state index < -0.39 is 0 Å². The normalized spacial score (nSPS) is 15.5. The van der Waals surface area contributed by atoms with E-state index in [9.17, 15) is 4.79 Å². The van der Waals surface area contributed by atoms with Gasteiger partial charge in [0.1, 0.15) is 5.69 Å². The second kappa shape index (κ2) is 7.73. The maximum absolute atomic E-state index is 12.6. The van der Waals surface area contributed by atoms with E-state index in [4.69, 9.17) is 4.52 Å². The second-order valence-corrected chi connectivity index (χ2v) is 7.15. The summed E-state index contributed by atoms with van der Waals surface area (Å²) in [6, 6.07) is 18.4. The van der Waals surface area contributed by atoms with Gasteiger partial charge in [0.05, 0.1) is 6.42 Å². The molecule has 0 spiro atoms. The number of rotatable bonds is 5. The summed E-state index contributed by atoms with van der Waals surface area (Å²) in [5.41, 5.74) is 2.90. The Morgan fingerprint density at radius 3 is 2.58 bits per heavy atom. The Balaban J connectivity index is 1.28. The molecular weight excluding hydrogens is 324 g/mol. The number of fused-ring (bicyclic) bond motifs is 1. The van der Waals surface area contributed by atoms with Crippen molar-refractivity contribution in [3.05, 3.63) is 65.9 Å². The first-order valence-corrected chi connectivity index (χ1v) is 9.44. The highest BCUT2D eigenvalue weighted by Crippen LogP contribution is 2.24. The van der Waals surface area contributed by atoms with E-state index in [2.05, 4.69) is 35.5 Å². The van der Waals surface area contributed by atoms with Crippen molar-refractivity contribution in [3.8, 4) is 0 Å². The molecule has 134 valence electrons. The molecule has 2 heterocycles. The summed E-state index contributed by atoms with van der Waals surface area (Å²) in [5.74, 6) is 0.873. The van der Waals surface area contributed by atoms with Crippen molar-refractivity contribution in [3.63, 3.8) is 0 Å². The van der Waals surface area contributed by atoms with Crippen molar-refractivity contribution in [2.24, 2.45) is 5.92 Å². The lowest BCUT2D eigenvalue weighted by molar-refractivity contribution is -0.131. The number of hydrogen-bond donors (Lipinski definition) is 0. The number of para-hydroxylation sites is 1. The van der Waals surface area contributed by atoms with Crippen molar-refractivity contribution in [1.29, 1.82) is 0 Å². The van der Waals surface area contributed by atoms with Gasteiger partial charge in [-0.05, 0) is 49.3 Å². The summed E-state index contributed by atoms with van der Waals surface area (Å²) in [5, 5.41) is 5.03. The number of carbonyl (C=O) groups excluding carboxylic acids is 1. The highest BCUT2D eigenvalue weighted by atomic mass is 16.5. The van der Waals surface area contributed by atoms with Crippen molar-refractivity contribution in [2.45, 2.75) is 32.1 Å². The number of carbonyl (C=O) groups is 1. The number of nitrogens with zero attached hydrogens (tertiary/aromatic N) is 2. The molecule has 0 radical (unpaired) electrons. The Bertz CT molecular complexity index is 864. The highest BCUT2D eigenvalue weighted by molar-refractivity contribution is 5.86. The Morgan fingerprint density at radius 2 is 1.77 bits per heavy atom. The van der Waals surface area contributed by atoms with E-state index in [1.54, 1.807) is 0 Å². The van der Waals surface area contributed by atoms with E-state index >= 15 is 0 Å². The SMILES string of the molecule is O=C(Cc1noc2ccccc12)N1CCC(CCc2ccccc2)CC1. The van der Waals surface area contributed by atoms with Crippen LogP contribution in [-0.4, -0.2) is 29.1 Å². The van der Waals surface area contributed by atoms with Gasteiger partial charge in [-0.2, -0.15) is 0 Å². The monoisotopic (exact) mass is 348 g/mol. The van der Waals surface area contributed by atoms with Gasteiger partial charge in [0.2, 0.25) is 5.91 Å². The van der Waals surface area contributed by atoms with Crippen LogP contribution in [0.3, 0.4) is 0 Å². The molecule has 0 atom stereocenters.